The average molecular weight is 568 g/mol. The maximum absolute atomic E-state index is 14.4. The smallest absolute Gasteiger partial charge is 0.256 e. The van der Waals surface area contributed by atoms with Crippen LogP contribution in [0.25, 0.3) is 0 Å². The Hall–Kier alpha value is -2.50. The van der Waals surface area contributed by atoms with Crippen LogP contribution in [0.2, 0.25) is 5.02 Å². The fraction of sp³-hybridized carbons (Fsp3) is 0.667. The van der Waals surface area contributed by atoms with Gasteiger partial charge in [-0.15, -0.1) is 0 Å². The highest BCUT2D eigenvalue weighted by Gasteiger charge is 2.47. The van der Waals surface area contributed by atoms with E-state index in [1.807, 2.05) is 6.07 Å². The van der Waals surface area contributed by atoms with Crippen LogP contribution >= 0.6 is 11.6 Å². The Kier molecular flexibility index (Phi) is 8.18. The van der Waals surface area contributed by atoms with Gasteiger partial charge in [0.15, 0.2) is 11.6 Å². The topological polar surface area (TPSA) is 101 Å². The van der Waals surface area contributed by atoms with Gasteiger partial charge in [-0.25, -0.2) is 18.7 Å². The fourth-order valence-electron chi connectivity index (χ4n) is 4.89. The molecule has 0 unspecified atom stereocenters. The van der Waals surface area contributed by atoms with Gasteiger partial charge in [0.05, 0.1) is 41.6 Å². The van der Waals surface area contributed by atoms with E-state index in [9.17, 15) is 19.0 Å². The van der Waals surface area contributed by atoms with Gasteiger partial charge in [-0.3, -0.25) is 0 Å². The number of rotatable bonds is 9. The van der Waals surface area contributed by atoms with Gasteiger partial charge in [0.25, 0.3) is 5.92 Å². The van der Waals surface area contributed by atoms with Crippen molar-refractivity contribution in [2.45, 2.75) is 71.5 Å². The number of alkyl halides is 2. The average Bonchev–Trinajstić information content (AvgIpc) is 3.17. The molecule has 4 heterocycles. The number of halogens is 3. The number of nitrogens with one attached hydrogen (secondary N) is 1. The molecule has 0 aromatic carbocycles. The van der Waals surface area contributed by atoms with Crippen LogP contribution in [0.4, 0.5) is 37.7 Å². The van der Waals surface area contributed by atoms with Gasteiger partial charge >= 0.3 is 0 Å². The number of pyridine rings is 1. The Labute approximate surface area is 234 Å². The Bertz CT molecular complexity index is 1160. The SMILES string of the molecule is C[C@@H]1CN(c2ncc(Cl)c(Nc3cnc4c(c3)N(CCC(C)(C)O)CN4CCC(C)(C)O)n2)C[C@H](C)C1(F)F. The maximum Gasteiger partial charge on any atom is 0.256 e. The molecule has 2 aliphatic rings. The van der Waals surface area contributed by atoms with Gasteiger partial charge in [-0.05, 0) is 46.6 Å². The number of fused-ring (bicyclic) bond motifs is 1. The van der Waals surface area contributed by atoms with Crippen molar-refractivity contribution < 1.29 is 19.0 Å². The summed E-state index contributed by atoms with van der Waals surface area (Å²) in [5.74, 6) is -2.89. The van der Waals surface area contributed by atoms with Gasteiger partial charge in [-0.1, -0.05) is 25.4 Å². The van der Waals surface area contributed by atoms with Crippen molar-refractivity contribution in [2.75, 3.05) is 52.9 Å². The van der Waals surface area contributed by atoms with Gasteiger partial charge in [0.1, 0.15) is 5.02 Å². The number of nitrogens with zero attached hydrogens (tertiary/aromatic N) is 6. The summed E-state index contributed by atoms with van der Waals surface area (Å²) in [6.07, 6.45) is 4.31. The summed E-state index contributed by atoms with van der Waals surface area (Å²) in [4.78, 5) is 19.6. The van der Waals surface area contributed by atoms with Crippen molar-refractivity contribution in [1.82, 2.24) is 15.0 Å². The van der Waals surface area contributed by atoms with Crippen molar-refractivity contribution in [3.8, 4) is 0 Å². The van der Waals surface area contributed by atoms with E-state index in [-0.39, 0.29) is 13.1 Å². The number of hydrogen-bond donors (Lipinski definition) is 3. The van der Waals surface area contributed by atoms with E-state index in [1.165, 1.54) is 6.20 Å². The summed E-state index contributed by atoms with van der Waals surface area (Å²) in [6, 6.07) is 1.96. The standard InChI is InChI=1S/C27H40ClF2N7O2/c1-17-14-37(15-18(2)27(17,29)30)24-32-13-20(28)22(34-24)33-19-11-21-23(31-12-19)36(10-8-26(5,6)39)16-35(21)9-7-25(3,4)38/h11-13,17-18,38-39H,7-10,14-16H2,1-6H3,(H,32,33,34)/t17-,18+. The highest BCUT2D eigenvalue weighted by atomic mass is 35.5. The first-order chi connectivity index (χ1) is 18.0. The first-order valence-corrected chi connectivity index (χ1v) is 13.8. The second-order valence-corrected chi connectivity index (χ2v) is 12.6. The molecule has 12 heteroatoms. The third-order valence-corrected chi connectivity index (χ3v) is 7.67. The van der Waals surface area contributed by atoms with Gasteiger partial charge < -0.3 is 30.2 Å². The zero-order valence-corrected chi connectivity index (χ0v) is 24.3. The Morgan fingerprint density at radius 3 is 2.18 bits per heavy atom. The van der Waals surface area contributed by atoms with E-state index >= 15 is 0 Å². The number of aliphatic hydroxyl groups is 2. The first kappa shape index (κ1) is 29.5. The van der Waals surface area contributed by atoms with Crippen LogP contribution in [0.5, 0.6) is 0 Å². The molecule has 2 atom stereocenters. The fourth-order valence-corrected chi connectivity index (χ4v) is 5.03. The minimum Gasteiger partial charge on any atom is -0.390 e. The molecule has 0 spiro atoms. The van der Waals surface area contributed by atoms with E-state index in [1.54, 1.807) is 52.6 Å². The number of hydrogen-bond acceptors (Lipinski definition) is 9. The van der Waals surface area contributed by atoms with Crippen LogP contribution < -0.4 is 20.0 Å². The van der Waals surface area contributed by atoms with Crippen molar-refractivity contribution in [2.24, 2.45) is 11.8 Å². The second kappa shape index (κ2) is 10.8. The Balaban J connectivity index is 1.57. The van der Waals surface area contributed by atoms with Crippen LogP contribution in [0.15, 0.2) is 18.5 Å². The summed E-state index contributed by atoms with van der Waals surface area (Å²) >= 11 is 6.42. The lowest BCUT2D eigenvalue weighted by Crippen LogP contribution is -2.52. The van der Waals surface area contributed by atoms with Crippen LogP contribution in [0, 0.1) is 11.8 Å². The van der Waals surface area contributed by atoms with Crippen molar-refractivity contribution in [1.29, 1.82) is 0 Å². The molecule has 0 bridgehead atoms. The summed E-state index contributed by atoms with van der Waals surface area (Å²) in [5.41, 5.74) is -0.0673. The molecule has 2 aromatic heterocycles. The van der Waals surface area contributed by atoms with Crippen LogP contribution in [-0.2, 0) is 0 Å². The van der Waals surface area contributed by atoms with E-state index in [2.05, 4.69) is 25.1 Å². The van der Waals surface area contributed by atoms with Crippen LogP contribution in [0.1, 0.15) is 54.4 Å². The summed E-state index contributed by atoms with van der Waals surface area (Å²) in [7, 11) is 0. The molecule has 0 amide bonds. The lowest BCUT2D eigenvalue weighted by atomic mass is 9.87. The molecule has 0 aliphatic carbocycles. The van der Waals surface area contributed by atoms with Crippen LogP contribution in [-0.4, -0.2) is 75.1 Å². The quantitative estimate of drug-likeness (QED) is 0.390. The third kappa shape index (κ3) is 6.99. The third-order valence-electron chi connectivity index (χ3n) is 7.40. The largest absolute Gasteiger partial charge is 0.390 e. The predicted molar refractivity (Wildman–Crippen MR) is 151 cm³/mol. The normalized spacial score (nSPS) is 21.4. The lowest BCUT2D eigenvalue weighted by Gasteiger charge is -2.41. The van der Waals surface area contributed by atoms with Gasteiger partial charge in [0.2, 0.25) is 5.95 Å². The summed E-state index contributed by atoms with van der Waals surface area (Å²) < 4.78 is 28.7. The molecule has 2 aliphatic heterocycles. The second-order valence-electron chi connectivity index (χ2n) is 12.2. The molecule has 2 aromatic rings. The van der Waals surface area contributed by atoms with E-state index < -0.39 is 29.0 Å². The lowest BCUT2D eigenvalue weighted by molar-refractivity contribution is -0.105. The Morgan fingerprint density at radius 2 is 1.59 bits per heavy atom. The number of aromatic nitrogens is 3. The van der Waals surface area contributed by atoms with Crippen LogP contribution in [0.3, 0.4) is 0 Å². The zero-order valence-electron chi connectivity index (χ0n) is 23.5. The molecule has 0 saturated carbocycles. The molecule has 1 saturated heterocycles. The number of anilines is 5. The highest BCUT2D eigenvalue weighted by Crippen LogP contribution is 2.40. The number of piperidine rings is 1. The molecular weight excluding hydrogens is 528 g/mol. The first-order valence-electron chi connectivity index (χ1n) is 13.4. The maximum atomic E-state index is 14.4. The molecule has 4 rings (SSSR count). The van der Waals surface area contributed by atoms with Crippen molar-refractivity contribution in [3.63, 3.8) is 0 Å². The summed E-state index contributed by atoms with van der Waals surface area (Å²) in [5, 5.41) is 24.1. The highest BCUT2D eigenvalue weighted by molar-refractivity contribution is 6.32. The molecule has 3 N–H and O–H groups in total. The van der Waals surface area contributed by atoms with Crippen molar-refractivity contribution >= 4 is 40.6 Å². The van der Waals surface area contributed by atoms with Crippen molar-refractivity contribution in [3.05, 3.63) is 23.5 Å². The molecule has 1 fully saturated rings. The monoisotopic (exact) mass is 567 g/mol. The minimum atomic E-state index is -2.74. The molecular formula is C27H40ClF2N7O2. The zero-order chi connectivity index (χ0) is 28.8. The Morgan fingerprint density at radius 1 is 1.00 bits per heavy atom. The summed E-state index contributed by atoms with van der Waals surface area (Å²) in [6.45, 7) is 12.4. The molecule has 39 heavy (non-hydrogen) atoms. The van der Waals surface area contributed by atoms with E-state index in [4.69, 9.17) is 16.6 Å². The molecule has 0 radical (unpaired) electrons. The molecule has 216 valence electrons. The van der Waals surface area contributed by atoms with E-state index in [0.717, 1.165) is 11.5 Å². The minimum absolute atomic E-state index is 0.148. The predicted octanol–water partition coefficient (Wildman–Crippen LogP) is 4.90. The van der Waals surface area contributed by atoms with Gasteiger partial charge in [0, 0.05) is 38.0 Å². The van der Waals surface area contributed by atoms with Gasteiger partial charge in [-0.2, -0.15) is 4.98 Å². The molecule has 9 nitrogen and oxygen atoms in total. The van der Waals surface area contributed by atoms with E-state index in [0.29, 0.717) is 55.1 Å².